The lowest BCUT2D eigenvalue weighted by Gasteiger charge is -2.34. The number of para-hydroxylation sites is 1. The van der Waals surface area contributed by atoms with E-state index in [9.17, 15) is 24.5 Å². The van der Waals surface area contributed by atoms with Crippen molar-refractivity contribution < 1.29 is 29.2 Å². The molecule has 1 aliphatic rings. The van der Waals surface area contributed by atoms with E-state index in [0.29, 0.717) is 5.75 Å². The maximum atomic E-state index is 14.0. The molecule has 2 unspecified atom stereocenters. The van der Waals surface area contributed by atoms with Gasteiger partial charge in [-0.3, -0.25) is 0 Å². The van der Waals surface area contributed by atoms with Crippen LogP contribution in [0.2, 0.25) is 0 Å². The van der Waals surface area contributed by atoms with E-state index in [0.717, 1.165) is 40.6 Å². The first-order chi connectivity index (χ1) is 16.1. The molecule has 0 aliphatic carbocycles. The summed E-state index contributed by atoms with van der Waals surface area (Å²) >= 11 is 0. The van der Waals surface area contributed by atoms with Crippen molar-refractivity contribution in [3.63, 3.8) is 0 Å². The molecule has 0 radical (unpaired) electrons. The van der Waals surface area contributed by atoms with Crippen molar-refractivity contribution in [1.82, 2.24) is 4.57 Å². The second-order valence-corrected chi connectivity index (χ2v) is 9.46. The number of carboxylic acid groups (broad SMARTS) is 1. The zero-order valence-corrected chi connectivity index (χ0v) is 19.5. The number of hydrogen-bond acceptors (Lipinski definition) is 5. The summed E-state index contributed by atoms with van der Waals surface area (Å²) in [6.45, 7) is 4.32. The van der Waals surface area contributed by atoms with Crippen LogP contribution in [0.15, 0.2) is 42.5 Å². The monoisotopic (exact) mass is 466 g/mol. The van der Waals surface area contributed by atoms with Crippen LogP contribution in [-0.2, 0) is 16.8 Å². The molecular formula is C27H29FNO5-. The highest BCUT2D eigenvalue weighted by Gasteiger charge is 2.33. The molecule has 4 rings (SSSR count). The molecule has 0 saturated carbocycles. The Balaban J connectivity index is 1.91. The number of rotatable bonds is 8. The summed E-state index contributed by atoms with van der Waals surface area (Å²) in [4.78, 5) is 10.7. The molecule has 0 saturated heterocycles. The topological polar surface area (TPSA) is 94.8 Å². The van der Waals surface area contributed by atoms with Crippen molar-refractivity contribution in [2.75, 3.05) is 7.11 Å². The number of carbonyl (C=O) groups excluding carboxylic acids is 1. The third kappa shape index (κ3) is 4.45. The van der Waals surface area contributed by atoms with Crippen LogP contribution in [0.1, 0.15) is 44.4 Å². The Hall–Kier alpha value is -3.16. The molecule has 1 aliphatic heterocycles. The SMILES string of the molecule is COc1cc(F)ccc1-c1c(/C=C/C(O)CC(O)CC(=O)[O-])n2c3c(cccc13)CCC2(C)C. The van der Waals surface area contributed by atoms with E-state index in [4.69, 9.17) is 4.74 Å². The molecule has 0 amide bonds. The summed E-state index contributed by atoms with van der Waals surface area (Å²) in [6.07, 6.45) is 2.25. The van der Waals surface area contributed by atoms with Gasteiger partial charge < -0.3 is 29.4 Å². The van der Waals surface area contributed by atoms with E-state index in [1.54, 1.807) is 18.2 Å². The van der Waals surface area contributed by atoms with Gasteiger partial charge in [0, 0.05) is 46.9 Å². The van der Waals surface area contributed by atoms with Crippen molar-refractivity contribution in [3.8, 4) is 16.9 Å². The van der Waals surface area contributed by atoms with Crippen LogP contribution in [0.5, 0.6) is 5.75 Å². The highest BCUT2D eigenvalue weighted by molar-refractivity contribution is 6.04. The summed E-state index contributed by atoms with van der Waals surface area (Å²) in [7, 11) is 1.50. The van der Waals surface area contributed by atoms with Crippen LogP contribution >= 0.6 is 0 Å². The zero-order valence-electron chi connectivity index (χ0n) is 19.5. The molecule has 0 fully saturated rings. The van der Waals surface area contributed by atoms with E-state index in [1.807, 2.05) is 12.1 Å². The summed E-state index contributed by atoms with van der Waals surface area (Å²) in [5, 5.41) is 32.1. The van der Waals surface area contributed by atoms with Crippen molar-refractivity contribution in [2.24, 2.45) is 0 Å². The van der Waals surface area contributed by atoms with Crippen LogP contribution in [0.25, 0.3) is 28.1 Å². The number of carboxylic acids is 1. The Morgan fingerprint density at radius 2 is 2.06 bits per heavy atom. The van der Waals surface area contributed by atoms with Gasteiger partial charge in [-0.25, -0.2) is 4.39 Å². The van der Waals surface area contributed by atoms with Crippen molar-refractivity contribution in [3.05, 3.63) is 59.5 Å². The molecule has 0 spiro atoms. The van der Waals surface area contributed by atoms with E-state index >= 15 is 0 Å². The third-order valence-electron chi connectivity index (χ3n) is 6.55. The molecule has 0 bridgehead atoms. The summed E-state index contributed by atoms with van der Waals surface area (Å²) < 4.78 is 21.8. The summed E-state index contributed by atoms with van der Waals surface area (Å²) in [6, 6.07) is 10.6. The fraction of sp³-hybridized carbons (Fsp3) is 0.370. The van der Waals surface area contributed by atoms with Gasteiger partial charge in [-0.15, -0.1) is 0 Å². The fourth-order valence-electron chi connectivity index (χ4n) is 4.96. The quantitative estimate of drug-likeness (QED) is 0.531. The molecule has 1 aromatic heterocycles. The number of aliphatic hydroxyl groups excluding tert-OH is 2. The number of hydrogen-bond donors (Lipinski definition) is 2. The summed E-state index contributed by atoms with van der Waals surface area (Å²) in [5.74, 6) is -1.36. The first-order valence-electron chi connectivity index (χ1n) is 11.4. The highest BCUT2D eigenvalue weighted by atomic mass is 19.1. The van der Waals surface area contributed by atoms with Gasteiger partial charge in [-0.05, 0) is 50.5 Å². The predicted octanol–water partition coefficient (Wildman–Crippen LogP) is 3.40. The first-order valence-corrected chi connectivity index (χ1v) is 11.4. The van der Waals surface area contributed by atoms with Gasteiger partial charge in [0.05, 0.1) is 30.5 Å². The summed E-state index contributed by atoms with van der Waals surface area (Å²) in [5.41, 5.74) is 4.49. The fourth-order valence-corrected chi connectivity index (χ4v) is 4.96. The Morgan fingerprint density at radius 1 is 1.29 bits per heavy atom. The lowest BCUT2D eigenvalue weighted by atomic mass is 9.90. The van der Waals surface area contributed by atoms with Gasteiger partial charge in [0.15, 0.2) is 0 Å². The Labute approximate surface area is 197 Å². The van der Waals surface area contributed by atoms with Gasteiger partial charge >= 0.3 is 0 Å². The molecule has 34 heavy (non-hydrogen) atoms. The molecule has 180 valence electrons. The number of aliphatic hydroxyl groups is 2. The number of methoxy groups -OCH3 is 1. The normalized spacial score (nSPS) is 16.6. The van der Waals surface area contributed by atoms with Crippen molar-refractivity contribution >= 4 is 22.9 Å². The van der Waals surface area contributed by atoms with Crippen LogP contribution < -0.4 is 9.84 Å². The second-order valence-electron chi connectivity index (χ2n) is 9.46. The van der Waals surface area contributed by atoms with Crippen LogP contribution in [-0.4, -0.2) is 40.1 Å². The van der Waals surface area contributed by atoms with E-state index < -0.39 is 30.4 Å². The minimum Gasteiger partial charge on any atom is -0.550 e. The van der Waals surface area contributed by atoms with Crippen molar-refractivity contribution in [1.29, 1.82) is 0 Å². The standard InChI is InChI=1S/C27H30FNO5/c1-27(2)12-11-16-5-4-6-21-25(20-9-7-17(28)13-23(20)34-3)22(29(27)26(16)21)10-8-18(30)14-19(31)15-24(32)33/h4-10,13,18-19,30-31H,11-12,14-15H2,1-3H3,(H,32,33)/p-1/b10-8+. The number of benzene rings is 2. The number of nitrogens with zero attached hydrogens (tertiary/aromatic N) is 1. The van der Waals surface area contributed by atoms with Gasteiger partial charge in [0.1, 0.15) is 11.6 Å². The third-order valence-corrected chi connectivity index (χ3v) is 6.55. The molecule has 2 aromatic carbocycles. The van der Waals surface area contributed by atoms with E-state index in [1.165, 1.54) is 24.8 Å². The average molecular weight is 467 g/mol. The number of aliphatic carboxylic acids is 1. The number of carbonyl (C=O) groups is 1. The van der Waals surface area contributed by atoms with Gasteiger partial charge in [0.25, 0.3) is 0 Å². The smallest absolute Gasteiger partial charge is 0.129 e. The molecular weight excluding hydrogens is 437 g/mol. The Morgan fingerprint density at radius 3 is 2.76 bits per heavy atom. The van der Waals surface area contributed by atoms with Crippen LogP contribution in [0.4, 0.5) is 4.39 Å². The van der Waals surface area contributed by atoms with Gasteiger partial charge in [-0.1, -0.05) is 24.3 Å². The number of aryl methyl sites for hydroxylation is 1. The number of aromatic nitrogens is 1. The minimum absolute atomic E-state index is 0.130. The van der Waals surface area contributed by atoms with E-state index in [-0.39, 0.29) is 12.0 Å². The molecule has 3 aromatic rings. The molecule has 2 heterocycles. The maximum Gasteiger partial charge on any atom is 0.129 e. The number of ether oxygens (including phenoxy) is 1. The largest absolute Gasteiger partial charge is 0.550 e. The first kappa shape index (κ1) is 24.0. The Bertz CT molecular complexity index is 1260. The molecule has 7 heteroatoms. The maximum absolute atomic E-state index is 14.0. The van der Waals surface area contributed by atoms with Gasteiger partial charge in [0.2, 0.25) is 0 Å². The lowest BCUT2D eigenvalue weighted by molar-refractivity contribution is -0.307. The molecule has 2 N–H and O–H groups in total. The minimum atomic E-state index is -1.37. The molecule has 6 nitrogen and oxygen atoms in total. The van der Waals surface area contributed by atoms with Crippen LogP contribution in [0, 0.1) is 5.82 Å². The zero-order chi connectivity index (χ0) is 24.6. The Kier molecular flexibility index (Phi) is 6.51. The van der Waals surface area contributed by atoms with E-state index in [2.05, 4.69) is 24.5 Å². The average Bonchev–Trinajstić information content (AvgIpc) is 3.10. The highest BCUT2D eigenvalue weighted by Crippen LogP contribution is 2.46. The second kappa shape index (κ2) is 9.24. The molecule has 2 atom stereocenters. The van der Waals surface area contributed by atoms with Gasteiger partial charge in [-0.2, -0.15) is 0 Å². The predicted molar refractivity (Wildman–Crippen MR) is 127 cm³/mol. The van der Waals surface area contributed by atoms with Crippen molar-refractivity contribution in [2.45, 2.75) is 57.3 Å². The number of halogens is 1. The lowest BCUT2D eigenvalue weighted by Crippen LogP contribution is -2.31. The van der Waals surface area contributed by atoms with Crippen LogP contribution in [0.3, 0.4) is 0 Å².